The Balaban J connectivity index is 1.80. The quantitative estimate of drug-likeness (QED) is 0.694. The molecule has 3 aromatic rings. The van der Waals surface area contributed by atoms with Crippen molar-refractivity contribution >= 4 is 36.9 Å². The van der Waals surface area contributed by atoms with Gasteiger partial charge in [-0.3, -0.25) is 4.72 Å². The van der Waals surface area contributed by atoms with Crippen molar-refractivity contribution in [2.24, 2.45) is 0 Å². The van der Waals surface area contributed by atoms with Gasteiger partial charge in [0.25, 0.3) is 10.0 Å². The SMILES string of the molecule is Cc1ccc(S(=O)(=O)Nc2ccc(-c3ccc(S(C)(=O)=O)nn3)cc2)s1. The molecule has 0 aliphatic rings. The van der Waals surface area contributed by atoms with E-state index >= 15 is 0 Å². The van der Waals surface area contributed by atoms with Crippen LogP contribution in [0.1, 0.15) is 4.88 Å². The van der Waals surface area contributed by atoms with Gasteiger partial charge in [-0.25, -0.2) is 16.8 Å². The number of aryl methyl sites for hydroxylation is 1. The van der Waals surface area contributed by atoms with E-state index in [4.69, 9.17) is 0 Å². The van der Waals surface area contributed by atoms with Crippen LogP contribution < -0.4 is 4.72 Å². The van der Waals surface area contributed by atoms with Crippen LogP contribution in [-0.2, 0) is 19.9 Å². The minimum absolute atomic E-state index is 0.100. The van der Waals surface area contributed by atoms with Crippen molar-refractivity contribution in [3.63, 3.8) is 0 Å². The third kappa shape index (κ3) is 4.09. The number of sulfonamides is 1. The van der Waals surface area contributed by atoms with Crippen LogP contribution in [0.5, 0.6) is 0 Å². The summed E-state index contributed by atoms with van der Waals surface area (Å²) in [4.78, 5) is 0.914. The van der Waals surface area contributed by atoms with Gasteiger partial charge in [0, 0.05) is 22.4 Å². The van der Waals surface area contributed by atoms with Gasteiger partial charge in [0.2, 0.25) is 0 Å². The van der Waals surface area contributed by atoms with E-state index in [0.29, 0.717) is 16.9 Å². The topological polar surface area (TPSA) is 106 Å². The monoisotopic (exact) mass is 409 g/mol. The molecular formula is C16H15N3O4S3. The summed E-state index contributed by atoms with van der Waals surface area (Å²) in [6, 6.07) is 12.8. The van der Waals surface area contributed by atoms with E-state index in [-0.39, 0.29) is 9.24 Å². The van der Waals surface area contributed by atoms with Gasteiger partial charge in [-0.15, -0.1) is 21.5 Å². The molecule has 0 saturated carbocycles. The van der Waals surface area contributed by atoms with E-state index in [1.165, 1.54) is 17.4 Å². The van der Waals surface area contributed by atoms with Crippen LogP contribution >= 0.6 is 11.3 Å². The maximum absolute atomic E-state index is 12.3. The van der Waals surface area contributed by atoms with Gasteiger partial charge in [-0.2, -0.15) is 0 Å². The highest BCUT2D eigenvalue weighted by atomic mass is 32.2. The second-order valence-corrected chi connectivity index (χ2v) is 10.7. The fourth-order valence-electron chi connectivity index (χ4n) is 2.14. The van der Waals surface area contributed by atoms with Gasteiger partial charge in [0.15, 0.2) is 14.9 Å². The number of hydrogen-bond acceptors (Lipinski definition) is 7. The second kappa shape index (κ2) is 6.78. The molecule has 0 bridgehead atoms. The van der Waals surface area contributed by atoms with Gasteiger partial charge < -0.3 is 0 Å². The molecule has 0 aliphatic heterocycles. The number of rotatable bonds is 5. The van der Waals surface area contributed by atoms with E-state index in [1.54, 1.807) is 42.5 Å². The van der Waals surface area contributed by atoms with Crippen LogP contribution in [0.25, 0.3) is 11.3 Å². The smallest absolute Gasteiger partial charge is 0.271 e. The predicted octanol–water partition coefficient (Wildman–Crippen LogP) is 2.72. The van der Waals surface area contributed by atoms with Crippen LogP contribution in [0.15, 0.2) is 57.8 Å². The van der Waals surface area contributed by atoms with E-state index < -0.39 is 19.9 Å². The van der Waals surface area contributed by atoms with Crippen LogP contribution in [-0.4, -0.2) is 33.3 Å². The number of thiophene rings is 1. The lowest BCUT2D eigenvalue weighted by Gasteiger charge is -2.07. The highest BCUT2D eigenvalue weighted by Gasteiger charge is 2.16. The first-order valence-corrected chi connectivity index (χ1v) is 11.6. The van der Waals surface area contributed by atoms with Gasteiger partial charge in [0.05, 0.1) is 5.69 Å². The Morgan fingerprint density at radius 2 is 1.58 bits per heavy atom. The number of sulfone groups is 1. The summed E-state index contributed by atoms with van der Waals surface area (Å²) in [6.07, 6.45) is 1.06. The summed E-state index contributed by atoms with van der Waals surface area (Å²) in [7, 11) is -7.02. The predicted molar refractivity (Wildman–Crippen MR) is 100 cm³/mol. The summed E-state index contributed by atoms with van der Waals surface area (Å²) in [5.74, 6) is 0. The molecule has 10 heteroatoms. The van der Waals surface area contributed by atoms with Crippen LogP contribution in [0.2, 0.25) is 0 Å². The molecule has 7 nitrogen and oxygen atoms in total. The fourth-order valence-corrected chi connectivity index (χ4v) is 4.99. The second-order valence-electron chi connectivity index (χ2n) is 5.58. The lowest BCUT2D eigenvalue weighted by Crippen LogP contribution is -2.11. The van der Waals surface area contributed by atoms with Gasteiger partial charge in [-0.05, 0) is 43.3 Å². The fraction of sp³-hybridized carbons (Fsp3) is 0.125. The molecule has 2 heterocycles. The zero-order valence-electron chi connectivity index (χ0n) is 13.9. The summed E-state index contributed by atoms with van der Waals surface area (Å²) in [5, 5.41) is 7.51. The summed E-state index contributed by atoms with van der Waals surface area (Å²) >= 11 is 1.20. The van der Waals surface area contributed by atoms with Gasteiger partial charge >= 0.3 is 0 Å². The molecule has 0 spiro atoms. The van der Waals surface area contributed by atoms with Crippen molar-refractivity contribution in [3.8, 4) is 11.3 Å². The van der Waals surface area contributed by atoms with E-state index in [1.807, 2.05) is 6.92 Å². The lowest BCUT2D eigenvalue weighted by molar-refractivity contribution is 0.595. The molecule has 0 unspecified atom stereocenters. The third-order valence-electron chi connectivity index (χ3n) is 3.43. The maximum Gasteiger partial charge on any atom is 0.271 e. The largest absolute Gasteiger partial charge is 0.279 e. The summed E-state index contributed by atoms with van der Waals surface area (Å²) in [5.41, 5.74) is 1.59. The average Bonchev–Trinajstić information content (AvgIpc) is 3.02. The molecule has 26 heavy (non-hydrogen) atoms. The van der Waals surface area contributed by atoms with E-state index in [2.05, 4.69) is 14.9 Å². The number of nitrogens with zero attached hydrogens (tertiary/aromatic N) is 2. The first kappa shape index (κ1) is 18.5. The number of nitrogens with one attached hydrogen (secondary N) is 1. The Morgan fingerprint density at radius 3 is 2.08 bits per heavy atom. The molecule has 0 amide bonds. The molecular weight excluding hydrogens is 394 g/mol. The molecule has 0 saturated heterocycles. The highest BCUT2D eigenvalue weighted by molar-refractivity contribution is 7.94. The Morgan fingerprint density at radius 1 is 0.885 bits per heavy atom. The van der Waals surface area contributed by atoms with Crippen molar-refractivity contribution in [1.29, 1.82) is 0 Å². The lowest BCUT2D eigenvalue weighted by atomic mass is 10.1. The van der Waals surface area contributed by atoms with Gasteiger partial charge in [-0.1, -0.05) is 12.1 Å². The van der Waals surface area contributed by atoms with Crippen molar-refractivity contribution in [3.05, 3.63) is 53.4 Å². The molecule has 0 atom stereocenters. The number of anilines is 1. The molecule has 0 radical (unpaired) electrons. The van der Waals surface area contributed by atoms with Crippen molar-refractivity contribution in [1.82, 2.24) is 10.2 Å². The minimum Gasteiger partial charge on any atom is -0.279 e. The Labute approximate surface area is 155 Å². The zero-order valence-corrected chi connectivity index (χ0v) is 16.3. The molecule has 0 aliphatic carbocycles. The molecule has 0 fully saturated rings. The van der Waals surface area contributed by atoms with E-state index in [0.717, 1.165) is 11.1 Å². The Kier molecular flexibility index (Phi) is 4.82. The molecule has 2 aromatic heterocycles. The van der Waals surface area contributed by atoms with Crippen molar-refractivity contribution < 1.29 is 16.8 Å². The first-order valence-electron chi connectivity index (χ1n) is 7.39. The minimum atomic E-state index is -3.62. The number of benzene rings is 1. The van der Waals surface area contributed by atoms with E-state index in [9.17, 15) is 16.8 Å². The molecule has 1 N–H and O–H groups in total. The summed E-state index contributed by atoms with van der Waals surface area (Å²) < 4.78 is 50.2. The zero-order chi connectivity index (χ0) is 18.9. The average molecular weight is 410 g/mol. The van der Waals surface area contributed by atoms with Crippen LogP contribution in [0.4, 0.5) is 5.69 Å². The van der Waals surface area contributed by atoms with Crippen LogP contribution in [0, 0.1) is 6.92 Å². The first-order chi connectivity index (χ1) is 12.1. The normalized spacial score (nSPS) is 12.1. The highest BCUT2D eigenvalue weighted by Crippen LogP contribution is 2.25. The molecule has 1 aromatic carbocycles. The van der Waals surface area contributed by atoms with Crippen molar-refractivity contribution in [2.75, 3.05) is 11.0 Å². The number of aromatic nitrogens is 2. The molecule has 3 rings (SSSR count). The molecule has 136 valence electrons. The van der Waals surface area contributed by atoms with Gasteiger partial charge in [0.1, 0.15) is 4.21 Å². The van der Waals surface area contributed by atoms with Crippen molar-refractivity contribution in [2.45, 2.75) is 16.2 Å². The Hall–Kier alpha value is -2.30. The number of hydrogen-bond donors (Lipinski definition) is 1. The Bertz CT molecular complexity index is 1130. The van der Waals surface area contributed by atoms with Crippen LogP contribution in [0.3, 0.4) is 0 Å². The summed E-state index contributed by atoms with van der Waals surface area (Å²) in [6.45, 7) is 1.84. The third-order valence-corrected chi connectivity index (χ3v) is 7.28. The standard InChI is InChI=1S/C16H15N3O4S3/c1-11-3-10-16(24-11)26(22,23)19-13-6-4-12(5-7-13)14-8-9-15(18-17-14)25(2,20)21/h3-10,19H,1-2H3. The maximum atomic E-state index is 12.3.